The van der Waals surface area contributed by atoms with Crippen molar-refractivity contribution in [2.75, 3.05) is 4.90 Å². The number of hydrogen-bond donors (Lipinski definition) is 2. The molecular weight excluding hydrogens is 456 g/mol. The molecule has 2 fully saturated rings. The molecule has 35 heavy (non-hydrogen) atoms. The molecule has 2 aromatic rings. The van der Waals surface area contributed by atoms with Gasteiger partial charge in [0, 0.05) is 30.5 Å². The third-order valence-electron chi connectivity index (χ3n) is 6.82. The minimum atomic E-state index is -1.98. The van der Waals surface area contributed by atoms with E-state index in [-0.39, 0.29) is 35.4 Å². The molecule has 2 N–H and O–H groups in total. The number of imide groups is 1. The molecule has 2 aliphatic heterocycles. The van der Waals surface area contributed by atoms with E-state index in [4.69, 9.17) is 4.74 Å². The summed E-state index contributed by atoms with van der Waals surface area (Å²) < 4.78 is 4.99. The summed E-state index contributed by atoms with van der Waals surface area (Å²) >= 11 is 0. The van der Waals surface area contributed by atoms with E-state index in [9.17, 15) is 33.9 Å². The van der Waals surface area contributed by atoms with Crippen LogP contribution in [-0.2, 0) is 19.2 Å². The number of nitrogens with one attached hydrogen (secondary N) is 1. The van der Waals surface area contributed by atoms with Crippen LogP contribution in [0.15, 0.2) is 48.5 Å². The number of ether oxygens (including phenoxy) is 1. The Morgan fingerprint density at radius 3 is 2.11 bits per heavy atom. The number of carboxylic acid groups (broad SMARTS) is 1. The van der Waals surface area contributed by atoms with E-state index in [1.807, 2.05) is 0 Å². The summed E-state index contributed by atoms with van der Waals surface area (Å²) in [5.41, 5.74) is -1.47. The molecular formula is C25H20N2O8. The SMILES string of the molecule is CC(=O)Oc1ccc(N2C(=O)C3C(CCC(=O)O)NC4(C(=O)c5ccccc5C4=O)C3C2=O)cc1. The second kappa shape index (κ2) is 7.95. The minimum Gasteiger partial charge on any atom is -0.481 e. The molecule has 2 saturated heterocycles. The summed E-state index contributed by atoms with van der Waals surface area (Å²) in [5, 5.41) is 12.1. The number of fused-ring (bicyclic) bond motifs is 3. The minimum absolute atomic E-state index is 0.0482. The van der Waals surface area contributed by atoms with Gasteiger partial charge in [0.15, 0.2) is 17.1 Å². The predicted octanol–water partition coefficient (Wildman–Crippen LogP) is 1.37. The molecule has 1 aliphatic carbocycles. The van der Waals surface area contributed by atoms with Gasteiger partial charge in [0.2, 0.25) is 11.8 Å². The Balaban J connectivity index is 1.57. The zero-order valence-electron chi connectivity index (χ0n) is 18.5. The molecule has 3 aliphatic rings. The van der Waals surface area contributed by atoms with Gasteiger partial charge in [-0.15, -0.1) is 0 Å². The Morgan fingerprint density at radius 2 is 1.57 bits per heavy atom. The number of hydrogen-bond acceptors (Lipinski definition) is 8. The second-order valence-electron chi connectivity index (χ2n) is 8.80. The summed E-state index contributed by atoms with van der Waals surface area (Å²) in [6.07, 6.45) is -0.363. The van der Waals surface area contributed by atoms with Crippen molar-refractivity contribution in [1.82, 2.24) is 5.32 Å². The lowest BCUT2D eigenvalue weighted by atomic mass is 9.76. The average Bonchev–Trinajstić information content (AvgIpc) is 3.38. The van der Waals surface area contributed by atoms with Crippen LogP contribution in [0.3, 0.4) is 0 Å². The topological polar surface area (TPSA) is 147 Å². The standard InChI is InChI=1S/C25H20N2O8/c1-12(28)35-14-8-6-13(7-9-14)27-23(33)19-17(10-11-18(29)30)26-25(20(19)24(27)34)21(31)15-4-2-3-5-16(15)22(25)32/h2-9,17,19-20,26H,10-11H2,1H3,(H,29,30). The molecule has 10 nitrogen and oxygen atoms in total. The van der Waals surface area contributed by atoms with E-state index in [0.717, 1.165) is 4.90 Å². The van der Waals surface area contributed by atoms with Gasteiger partial charge in [-0.25, -0.2) is 4.90 Å². The van der Waals surface area contributed by atoms with Crippen LogP contribution >= 0.6 is 0 Å². The molecule has 3 unspecified atom stereocenters. The molecule has 0 aromatic heterocycles. The van der Waals surface area contributed by atoms with Gasteiger partial charge in [-0.3, -0.25) is 34.1 Å². The largest absolute Gasteiger partial charge is 0.481 e. The number of Topliss-reactive ketones (excluding diaryl/α,β-unsaturated/α-hetero) is 2. The molecule has 178 valence electrons. The second-order valence-corrected chi connectivity index (χ2v) is 8.80. The molecule has 5 rings (SSSR count). The molecule has 0 saturated carbocycles. The first kappa shape index (κ1) is 22.6. The first-order valence-electron chi connectivity index (χ1n) is 11.0. The number of nitrogens with zero attached hydrogens (tertiary/aromatic N) is 1. The number of aliphatic carboxylic acids is 1. The highest BCUT2D eigenvalue weighted by Crippen LogP contribution is 2.50. The molecule has 3 atom stereocenters. The summed E-state index contributed by atoms with van der Waals surface area (Å²) in [4.78, 5) is 77.8. The lowest BCUT2D eigenvalue weighted by Gasteiger charge is -2.28. The summed E-state index contributed by atoms with van der Waals surface area (Å²) in [6, 6.07) is 11.0. The normalized spacial score (nSPS) is 24.1. The van der Waals surface area contributed by atoms with Gasteiger partial charge in [-0.05, 0) is 30.7 Å². The number of rotatable bonds is 5. The Kier molecular flexibility index (Phi) is 5.13. The van der Waals surface area contributed by atoms with Crippen LogP contribution in [0, 0.1) is 11.8 Å². The van der Waals surface area contributed by atoms with Gasteiger partial charge in [0.05, 0.1) is 17.5 Å². The molecule has 0 bridgehead atoms. The molecule has 2 amide bonds. The number of esters is 1. The number of carbonyl (C=O) groups is 6. The van der Waals surface area contributed by atoms with Crippen molar-refractivity contribution < 1.29 is 38.6 Å². The molecule has 10 heteroatoms. The van der Waals surface area contributed by atoms with Gasteiger partial charge in [-0.1, -0.05) is 24.3 Å². The maximum Gasteiger partial charge on any atom is 0.308 e. The predicted molar refractivity (Wildman–Crippen MR) is 119 cm³/mol. The van der Waals surface area contributed by atoms with Crippen molar-refractivity contribution in [2.45, 2.75) is 31.3 Å². The average molecular weight is 476 g/mol. The summed E-state index contributed by atoms with van der Waals surface area (Å²) in [7, 11) is 0. The zero-order chi connectivity index (χ0) is 25.1. The van der Waals surface area contributed by atoms with Gasteiger partial charge < -0.3 is 9.84 Å². The van der Waals surface area contributed by atoms with Gasteiger partial charge >= 0.3 is 11.9 Å². The monoisotopic (exact) mass is 476 g/mol. The number of carboxylic acids is 1. The van der Waals surface area contributed by atoms with E-state index >= 15 is 0 Å². The number of ketones is 2. The van der Waals surface area contributed by atoms with Crippen molar-refractivity contribution >= 4 is 41.0 Å². The van der Waals surface area contributed by atoms with Crippen molar-refractivity contribution in [3.05, 3.63) is 59.7 Å². The number of amides is 2. The highest BCUT2D eigenvalue weighted by atomic mass is 16.5. The first-order chi connectivity index (χ1) is 16.7. The Bertz CT molecular complexity index is 1280. The fourth-order valence-corrected chi connectivity index (χ4v) is 5.46. The van der Waals surface area contributed by atoms with E-state index < -0.39 is 58.7 Å². The molecule has 2 heterocycles. The first-order valence-corrected chi connectivity index (χ1v) is 11.0. The maximum absolute atomic E-state index is 13.7. The smallest absolute Gasteiger partial charge is 0.308 e. The quantitative estimate of drug-likeness (QED) is 0.283. The Labute approximate surface area is 198 Å². The van der Waals surface area contributed by atoms with Crippen LogP contribution in [-0.4, -0.2) is 52.0 Å². The van der Waals surface area contributed by atoms with Crippen molar-refractivity contribution in [3.8, 4) is 5.75 Å². The summed E-state index contributed by atoms with van der Waals surface area (Å²) in [6.45, 7) is 1.24. The lowest BCUT2D eigenvalue weighted by molar-refractivity contribution is -0.137. The van der Waals surface area contributed by atoms with E-state index in [0.29, 0.717) is 0 Å². The van der Waals surface area contributed by atoms with Crippen molar-refractivity contribution in [1.29, 1.82) is 0 Å². The van der Waals surface area contributed by atoms with E-state index in [1.165, 1.54) is 43.3 Å². The highest BCUT2D eigenvalue weighted by Gasteiger charge is 2.72. The summed E-state index contributed by atoms with van der Waals surface area (Å²) in [5.74, 6) is -6.39. The van der Waals surface area contributed by atoms with Crippen LogP contribution in [0.2, 0.25) is 0 Å². The molecule has 1 spiro atoms. The zero-order valence-corrected chi connectivity index (χ0v) is 18.5. The fourth-order valence-electron chi connectivity index (χ4n) is 5.46. The van der Waals surface area contributed by atoms with Crippen molar-refractivity contribution in [2.24, 2.45) is 11.8 Å². The van der Waals surface area contributed by atoms with Gasteiger partial charge in [0.1, 0.15) is 5.75 Å². The van der Waals surface area contributed by atoms with Crippen LogP contribution in [0.25, 0.3) is 0 Å². The molecule has 0 radical (unpaired) electrons. The van der Waals surface area contributed by atoms with Crippen LogP contribution in [0.4, 0.5) is 5.69 Å². The molecule has 2 aromatic carbocycles. The van der Waals surface area contributed by atoms with Crippen LogP contribution in [0.1, 0.15) is 40.5 Å². The fraction of sp³-hybridized carbons (Fsp3) is 0.280. The van der Waals surface area contributed by atoms with E-state index in [1.54, 1.807) is 12.1 Å². The van der Waals surface area contributed by atoms with Crippen molar-refractivity contribution in [3.63, 3.8) is 0 Å². The third kappa shape index (κ3) is 3.21. The third-order valence-corrected chi connectivity index (χ3v) is 6.82. The lowest BCUT2D eigenvalue weighted by Crippen LogP contribution is -2.59. The number of carbonyl (C=O) groups excluding carboxylic acids is 5. The Morgan fingerprint density at radius 1 is 0.971 bits per heavy atom. The maximum atomic E-state index is 13.7. The van der Waals surface area contributed by atoms with Crippen LogP contribution < -0.4 is 15.0 Å². The number of anilines is 1. The number of benzene rings is 2. The van der Waals surface area contributed by atoms with E-state index in [2.05, 4.69) is 5.32 Å². The van der Waals surface area contributed by atoms with Gasteiger partial charge in [0.25, 0.3) is 0 Å². The highest BCUT2D eigenvalue weighted by molar-refractivity contribution is 6.37. The van der Waals surface area contributed by atoms with Crippen LogP contribution in [0.5, 0.6) is 5.75 Å². The Hall–Kier alpha value is -4.18. The van der Waals surface area contributed by atoms with Gasteiger partial charge in [-0.2, -0.15) is 0 Å².